The molecule has 0 aliphatic heterocycles. The highest BCUT2D eigenvalue weighted by Crippen LogP contribution is 2.11. The average molecular weight is 273 g/mol. The third kappa shape index (κ3) is 4.60. The van der Waals surface area contributed by atoms with Crippen LogP contribution in [-0.4, -0.2) is 21.1 Å². The van der Waals surface area contributed by atoms with Gasteiger partial charge in [0.2, 0.25) is 0 Å². The summed E-state index contributed by atoms with van der Waals surface area (Å²) in [6.07, 6.45) is -1.03. The number of hydrogen-bond donors (Lipinski definition) is 3. The minimum Gasteiger partial charge on any atom is -0.449 e. The Morgan fingerprint density at radius 1 is 1.44 bits per heavy atom. The molecule has 0 heterocycles. The van der Waals surface area contributed by atoms with Crippen molar-refractivity contribution in [2.24, 2.45) is 5.73 Å². The molecule has 8 heteroatoms. The van der Waals surface area contributed by atoms with Crippen molar-refractivity contribution in [2.45, 2.75) is 13.5 Å². The van der Waals surface area contributed by atoms with Gasteiger partial charge in [0, 0.05) is 6.54 Å². The Kier molecular flexibility index (Phi) is 4.93. The molecular formula is C10H15N3O4S. The lowest BCUT2D eigenvalue weighted by Gasteiger charge is -2.09. The van der Waals surface area contributed by atoms with Gasteiger partial charge in [0.25, 0.3) is 0 Å². The number of anilines is 1. The highest BCUT2D eigenvalue weighted by Gasteiger charge is 2.14. The standard InChI is InChI=1S/C10H15N3O4S/c1-2-17-10(14)13-18(15,16)12-9-5-3-4-8(6-9)7-11/h3-6,12H,2,7,11H2,1H3,(H,13,14). The van der Waals surface area contributed by atoms with Gasteiger partial charge >= 0.3 is 16.3 Å². The molecule has 0 aromatic heterocycles. The van der Waals surface area contributed by atoms with Crippen LogP contribution in [0.15, 0.2) is 24.3 Å². The van der Waals surface area contributed by atoms with E-state index in [-0.39, 0.29) is 6.61 Å². The second-order valence-corrected chi connectivity index (χ2v) is 4.75. The van der Waals surface area contributed by atoms with Gasteiger partial charge in [-0.05, 0) is 24.6 Å². The van der Waals surface area contributed by atoms with E-state index in [1.807, 2.05) is 0 Å². The molecule has 0 fully saturated rings. The second-order valence-electron chi connectivity index (χ2n) is 3.33. The van der Waals surface area contributed by atoms with E-state index in [0.717, 1.165) is 5.56 Å². The van der Waals surface area contributed by atoms with E-state index in [1.165, 1.54) is 0 Å². The Hall–Kier alpha value is -1.80. The Balaban J connectivity index is 2.73. The zero-order valence-electron chi connectivity index (χ0n) is 9.84. The van der Waals surface area contributed by atoms with Gasteiger partial charge in [-0.25, -0.2) is 9.52 Å². The largest absolute Gasteiger partial charge is 0.449 e. The average Bonchev–Trinajstić information content (AvgIpc) is 2.28. The van der Waals surface area contributed by atoms with Gasteiger partial charge in [-0.3, -0.25) is 4.72 Å². The van der Waals surface area contributed by atoms with Gasteiger partial charge in [0.05, 0.1) is 12.3 Å². The SMILES string of the molecule is CCOC(=O)NS(=O)(=O)Nc1cccc(CN)c1. The van der Waals surface area contributed by atoms with Crippen LogP contribution in [0.5, 0.6) is 0 Å². The molecule has 0 atom stereocenters. The molecule has 0 saturated carbocycles. The van der Waals surface area contributed by atoms with Crippen LogP contribution in [0, 0.1) is 0 Å². The molecule has 0 aliphatic rings. The number of rotatable bonds is 5. The van der Waals surface area contributed by atoms with E-state index >= 15 is 0 Å². The number of carbonyl (C=O) groups excluding carboxylic acids is 1. The molecule has 0 radical (unpaired) electrons. The van der Waals surface area contributed by atoms with Gasteiger partial charge in [-0.15, -0.1) is 0 Å². The Bertz CT molecular complexity index is 516. The summed E-state index contributed by atoms with van der Waals surface area (Å²) >= 11 is 0. The maximum absolute atomic E-state index is 11.5. The summed E-state index contributed by atoms with van der Waals surface area (Å²) in [6.45, 7) is 1.95. The zero-order valence-corrected chi connectivity index (χ0v) is 10.7. The summed E-state index contributed by atoms with van der Waals surface area (Å²) in [5, 5.41) is 0. The van der Waals surface area contributed by atoms with E-state index < -0.39 is 16.3 Å². The van der Waals surface area contributed by atoms with Crippen molar-refractivity contribution < 1.29 is 17.9 Å². The molecular weight excluding hydrogens is 258 g/mol. The Morgan fingerprint density at radius 3 is 2.78 bits per heavy atom. The third-order valence-electron chi connectivity index (χ3n) is 1.91. The summed E-state index contributed by atoms with van der Waals surface area (Å²) in [4.78, 5) is 11.0. The third-order valence-corrected chi connectivity index (χ3v) is 2.85. The minimum atomic E-state index is -4.00. The topological polar surface area (TPSA) is 111 Å². The number of carbonyl (C=O) groups is 1. The fourth-order valence-corrected chi connectivity index (χ4v) is 1.98. The molecule has 4 N–H and O–H groups in total. The normalized spacial score (nSPS) is 10.8. The first-order valence-corrected chi connectivity index (χ1v) is 6.71. The summed E-state index contributed by atoms with van der Waals surface area (Å²) in [6, 6.07) is 6.54. The molecule has 0 spiro atoms. The number of nitrogens with one attached hydrogen (secondary N) is 2. The number of hydrogen-bond acceptors (Lipinski definition) is 5. The highest BCUT2D eigenvalue weighted by molar-refractivity contribution is 7.91. The summed E-state index contributed by atoms with van der Waals surface area (Å²) < 4.78 is 31.4. The Morgan fingerprint density at radius 2 is 2.17 bits per heavy atom. The van der Waals surface area contributed by atoms with E-state index in [9.17, 15) is 13.2 Å². The van der Waals surface area contributed by atoms with Gasteiger partial charge < -0.3 is 10.5 Å². The lowest BCUT2D eigenvalue weighted by Crippen LogP contribution is -2.35. The lowest BCUT2D eigenvalue weighted by molar-refractivity contribution is 0.159. The molecule has 1 rings (SSSR count). The predicted octanol–water partition coefficient (Wildman–Crippen LogP) is 0.548. The van der Waals surface area contributed by atoms with Gasteiger partial charge in [0.15, 0.2) is 0 Å². The fraction of sp³-hybridized carbons (Fsp3) is 0.300. The predicted molar refractivity (Wildman–Crippen MR) is 67.0 cm³/mol. The van der Waals surface area contributed by atoms with Crippen LogP contribution in [-0.2, 0) is 21.5 Å². The molecule has 0 saturated heterocycles. The second kappa shape index (κ2) is 6.22. The molecule has 0 unspecified atom stereocenters. The summed E-state index contributed by atoms with van der Waals surface area (Å²) in [5.74, 6) is 0. The van der Waals surface area contributed by atoms with Crippen LogP contribution in [0.3, 0.4) is 0 Å². The van der Waals surface area contributed by atoms with Crippen molar-refractivity contribution in [3.05, 3.63) is 29.8 Å². The molecule has 1 amide bonds. The quantitative estimate of drug-likeness (QED) is 0.725. The maximum atomic E-state index is 11.5. The summed E-state index contributed by atoms with van der Waals surface area (Å²) in [7, 11) is -4.00. The van der Waals surface area contributed by atoms with Crippen molar-refractivity contribution >= 4 is 22.0 Å². The highest BCUT2D eigenvalue weighted by atomic mass is 32.2. The van der Waals surface area contributed by atoms with Crippen LogP contribution in [0.4, 0.5) is 10.5 Å². The van der Waals surface area contributed by atoms with E-state index in [2.05, 4.69) is 9.46 Å². The number of nitrogens with two attached hydrogens (primary N) is 1. The molecule has 18 heavy (non-hydrogen) atoms. The first-order valence-electron chi connectivity index (χ1n) is 5.23. The van der Waals surface area contributed by atoms with Crippen LogP contribution >= 0.6 is 0 Å². The van der Waals surface area contributed by atoms with E-state index in [1.54, 1.807) is 35.9 Å². The fourth-order valence-electron chi connectivity index (χ4n) is 1.21. The Labute approximate surface area is 106 Å². The molecule has 100 valence electrons. The molecule has 1 aromatic carbocycles. The van der Waals surface area contributed by atoms with Crippen molar-refractivity contribution in [3.63, 3.8) is 0 Å². The smallest absolute Gasteiger partial charge is 0.422 e. The molecule has 0 aliphatic carbocycles. The first-order chi connectivity index (χ1) is 8.46. The van der Waals surface area contributed by atoms with Crippen molar-refractivity contribution in [2.75, 3.05) is 11.3 Å². The van der Waals surface area contributed by atoms with Gasteiger partial charge in [-0.2, -0.15) is 8.42 Å². The molecule has 0 bridgehead atoms. The maximum Gasteiger partial charge on any atom is 0.422 e. The number of benzene rings is 1. The van der Waals surface area contributed by atoms with Crippen LogP contribution in [0.2, 0.25) is 0 Å². The van der Waals surface area contributed by atoms with Crippen LogP contribution in [0.1, 0.15) is 12.5 Å². The van der Waals surface area contributed by atoms with Gasteiger partial charge in [0.1, 0.15) is 0 Å². The summed E-state index contributed by atoms with van der Waals surface area (Å²) in [5.41, 5.74) is 6.52. The van der Waals surface area contributed by atoms with Crippen molar-refractivity contribution in [3.8, 4) is 0 Å². The van der Waals surface area contributed by atoms with E-state index in [0.29, 0.717) is 12.2 Å². The number of ether oxygens (including phenoxy) is 1. The minimum absolute atomic E-state index is 0.0873. The van der Waals surface area contributed by atoms with Crippen molar-refractivity contribution in [1.29, 1.82) is 0 Å². The van der Waals surface area contributed by atoms with Crippen LogP contribution < -0.4 is 15.2 Å². The van der Waals surface area contributed by atoms with E-state index in [4.69, 9.17) is 5.73 Å². The molecule has 7 nitrogen and oxygen atoms in total. The van der Waals surface area contributed by atoms with Gasteiger partial charge in [-0.1, -0.05) is 12.1 Å². The van der Waals surface area contributed by atoms with Crippen LogP contribution in [0.25, 0.3) is 0 Å². The van der Waals surface area contributed by atoms with Crippen molar-refractivity contribution in [1.82, 2.24) is 4.72 Å². The molecule has 1 aromatic rings. The monoisotopic (exact) mass is 273 g/mol. The first kappa shape index (κ1) is 14.3. The lowest BCUT2D eigenvalue weighted by atomic mass is 10.2. The number of amides is 1. The zero-order chi connectivity index (χ0) is 13.6.